The van der Waals surface area contributed by atoms with E-state index in [1.54, 1.807) is 0 Å². The highest BCUT2D eigenvalue weighted by molar-refractivity contribution is 6.11. The number of anilines is 1. The Kier molecular flexibility index (Phi) is 3.19. The Bertz CT molecular complexity index is 674. The molecular formula is C12H13N5O2. The van der Waals surface area contributed by atoms with Gasteiger partial charge in [-0.3, -0.25) is 4.79 Å². The number of carbonyl (C=O) groups is 1. The van der Waals surface area contributed by atoms with Gasteiger partial charge in [-0.15, -0.1) is 0 Å². The van der Waals surface area contributed by atoms with E-state index in [0.29, 0.717) is 22.3 Å². The highest BCUT2D eigenvalue weighted by Gasteiger charge is 2.18. The Morgan fingerprint density at radius 3 is 3.00 bits per heavy atom. The zero-order valence-electron chi connectivity index (χ0n) is 10.3. The summed E-state index contributed by atoms with van der Waals surface area (Å²) in [6, 6.07) is 0. The molecule has 7 nitrogen and oxygen atoms in total. The molecule has 2 heterocycles. The van der Waals surface area contributed by atoms with Gasteiger partial charge in [0, 0.05) is 30.9 Å². The van der Waals surface area contributed by atoms with Crippen molar-refractivity contribution in [1.29, 1.82) is 0 Å². The van der Waals surface area contributed by atoms with Crippen molar-refractivity contribution in [2.75, 3.05) is 5.01 Å². The fourth-order valence-corrected chi connectivity index (χ4v) is 1.83. The van der Waals surface area contributed by atoms with Crippen molar-refractivity contribution in [1.82, 2.24) is 9.97 Å². The van der Waals surface area contributed by atoms with Crippen LogP contribution in [0.3, 0.4) is 0 Å². The Balaban J connectivity index is 2.75. The number of aromatic nitrogens is 2. The van der Waals surface area contributed by atoms with E-state index in [1.165, 1.54) is 36.7 Å². The van der Waals surface area contributed by atoms with Gasteiger partial charge in [-0.1, -0.05) is 0 Å². The number of rotatable bonds is 4. The summed E-state index contributed by atoms with van der Waals surface area (Å²) < 4.78 is 0. The molecule has 0 aliphatic heterocycles. The van der Waals surface area contributed by atoms with Crippen molar-refractivity contribution in [3.05, 3.63) is 30.4 Å². The fraction of sp³-hybridized carbons (Fsp3) is 0.0833. The third-order valence-corrected chi connectivity index (χ3v) is 2.64. The number of ketones is 1. The van der Waals surface area contributed by atoms with E-state index < -0.39 is 0 Å². The number of hydrogen-bond donors (Lipinski definition) is 3. The molecule has 4 N–H and O–H groups in total. The lowest BCUT2D eigenvalue weighted by atomic mass is 10.1. The van der Waals surface area contributed by atoms with E-state index in [-0.39, 0.29) is 11.5 Å². The standard InChI is InChI=1S/C12H13N5O2/c1-7(18)8-5-15-11-10(8)9(19)6-16-12(11)17(14-2)4-3-13/h3-6,15,19H,2,13H2,1H3/b4-3-. The summed E-state index contributed by atoms with van der Waals surface area (Å²) in [6.45, 7) is 4.84. The SMILES string of the molecule is C=NN(/C=C\N)c1ncc(O)c2c(C(C)=O)c[nH]c12. The van der Waals surface area contributed by atoms with E-state index >= 15 is 0 Å². The molecule has 0 saturated heterocycles. The molecule has 19 heavy (non-hydrogen) atoms. The summed E-state index contributed by atoms with van der Waals surface area (Å²) in [6.07, 6.45) is 5.51. The summed E-state index contributed by atoms with van der Waals surface area (Å²) in [4.78, 5) is 18.5. The maximum Gasteiger partial charge on any atom is 0.178 e. The van der Waals surface area contributed by atoms with Crippen LogP contribution < -0.4 is 10.7 Å². The van der Waals surface area contributed by atoms with Crippen molar-refractivity contribution in [3.63, 3.8) is 0 Å². The molecule has 0 atom stereocenters. The monoisotopic (exact) mass is 259 g/mol. The van der Waals surface area contributed by atoms with E-state index in [0.717, 1.165) is 0 Å². The van der Waals surface area contributed by atoms with Gasteiger partial charge in [-0.2, -0.15) is 5.10 Å². The van der Waals surface area contributed by atoms with Crippen LogP contribution in [0.4, 0.5) is 5.82 Å². The molecule has 0 saturated carbocycles. The molecule has 0 unspecified atom stereocenters. The molecule has 0 bridgehead atoms. The highest BCUT2D eigenvalue weighted by Crippen LogP contribution is 2.33. The van der Waals surface area contributed by atoms with Gasteiger partial charge >= 0.3 is 0 Å². The van der Waals surface area contributed by atoms with Crippen molar-refractivity contribution in [2.24, 2.45) is 10.8 Å². The van der Waals surface area contributed by atoms with Crippen molar-refractivity contribution in [2.45, 2.75) is 6.92 Å². The fourth-order valence-electron chi connectivity index (χ4n) is 1.83. The van der Waals surface area contributed by atoms with Crippen LogP contribution in [0.15, 0.2) is 29.9 Å². The first-order chi connectivity index (χ1) is 9.10. The topological polar surface area (TPSA) is 108 Å². The first-order valence-electron chi connectivity index (χ1n) is 5.44. The second-order valence-corrected chi connectivity index (χ2v) is 3.80. The molecule has 2 aromatic rings. The molecule has 2 rings (SSSR count). The number of nitrogens with one attached hydrogen (secondary N) is 1. The molecule has 0 fully saturated rings. The normalized spacial score (nSPS) is 11.0. The number of hydrazone groups is 1. The lowest BCUT2D eigenvalue weighted by Crippen LogP contribution is -2.09. The van der Waals surface area contributed by atoms with E-state index in [4.69, 9.17) is 5.73 Å². The summed E-state index contributed by atoms with van der Waals surface area (Å²) >= 11 is 0. The second-order valence-electron chi connectivity index (χ2n) is 3.80. The summed E-state index contributed by atoms with van der Waals surface area (Å²) in [5.41, 5.74) is 6.19. The summed E-state index contributed by atoms with van der Waals surface area (Å²) in [5.74, 6) is 0.147. The van der Waals surface area contributed by atoms with Gasteiger partial charge in [-0.25, -0.2) is 9.99 Å². The minimum Gasteiger partial charge on any atom is -0.506 e. The number of H-pyrrole nitrogens is 1. The Morgan fingerprint density at radius 1 is 1.68 bits per heavy atom. The van der Waals surface area contributed by atoms with Crippen LogP contribution in [0.5, 0.6) is 5.75 Å². The van der Waals surface area contributed by atoms with Crippen molar-refractivity contribution >= 4 is 29.2 Å². The van der Waals surface area contributed by atoms with Crippen LogP contribution >= 0.6 is 0 Å². The lowest BCUT2D eigenvalue weighted by molar-refractivity contribution is 0.101. The molecule has 0 aliphatic rings. The third-order valence-electron chi connectivity index (χ3n) is 2.64. The summed E-state index contributed by atoms with van der Waals surface area (Å²) in [7, 11) is 0. The van der Waals surface area contributed by atoms with Crippen molar-refractivity contribution < 1.29 is 9.90 Å². The minimum absolute atomic E-state index is 0.0778. The number of Topliss-reactive ketones (excluding diaryl/α,β-unsaturated/α-hetero) is 1. The van der Waals surface area contributed by atoms with E-state index in [2.05, 4.69) is 21.8 Å². The van der Waals surface area contributed by atoms with Crippen LogP contribution in [0.1, 0.15) is 17.3 Å². The quantitative estimate of drug-likeness (QED) is 0.436. The molecule has 98 valence electrons. The average molecular weight is 259 g/mol. The predicted octanol–water partition coefficient (Wildman–Crippen LogP) is 1.32. The van der Waals surface area contributed by atoms with Gasteiger partial charge in [-0.05, 0) is 6.92 Å². The van der Waals surface area contributed by atoms with E-state index in [9.17, 15) is 9.90 Å². The van der Waals surface area contributed by atoms with Gasteiger partial charge < -0.3 is 15.8 Å². The van der Waals surface area contributed by atoms with Gasteiger partial charge in [0.15, 0.2) is 11.6 Å². The first kappa shape index (κ1) is 12.6. The zero-order chi connectivity index (χ0) is 14.0. The van der Waals surface area contributed by atoms with Crippen LogP contribution in [0.2, 0.25) is 0 Å². The maximum absolute atomic E-state index is 11.5. The van der Waals surface area contributed by atoms with Crippen molar-refractivity contribution in [3.8, 4) is 5.75 Å². The molecule has 0 amide bonds. The maximum atomic E-state index is 11.5. The van der Waals surface area contributed by atoms with Gasteiger partial charge in [0.05, 0.1) is 17.1 Å². The first-order valence-corrected chi connectivity index (χ1v) is 5.44. The summed E-state index contributed by atoms with van der Waals surface area (Å²) in [5, 5.41) is 15.3. The smallest absolute Gasteiger partial charge is 0.178 e. The Labute approximate surface area is 109 Å². The molecule has 0 spiro atoms. The largest absolute Gasteiger partial charge is 0.506 e. The van der Waals surface area contributed by atoms with Crippen LogP contribution in [0, 0.1) is 0 Å². The van der Waals surface area contributed by atoms with Crippen LogP contribution in [-0.2, 0) is 0 Å². The second kappa shape index (κ2) is 4.81. The molecular weight excluding hydrogens is 246 g/mol. The number of hydrogen-bond acceptors (Lipinski definition) is 6. The molecule has 0 radical (unpaired) electrons. The minimum atomic E-state index is -0.161. The number of aromatic amines is 1. The number of fused-ring (bicyclic) bond motifs is 1. The Hall–Kier alpha value is -2.83. The van der Waals surface area contributed by atoms with Crippen LogP contribution in [0.25, 0.3) is 10.9 Å². The van der Waals surface area contributed by atoms with Gasteiger partial charge in [0.25, 0.3) is 0 Å². The molecule has 2 aromatic heterocycles. The number of carbonyl (C=O) groups excluding carboxylic acids is 1. The lowest BCUT2D eigenvalue weighted by Gasteiger charge is -2.13. The van der Waals surface area contributed by atoms with Gasteiger partial charge in [0.2, 0.25) is 0 Å². The number of nitrogens with zero attached hydrogens (tertiary/aromatic N) is 3. The highest BCUT2D eigenvalue weighted by atomic mass is 16.3. The molecule has 0 aliphatic carbocycles. The van der Waals surface area contributed by atoms with E-state index in [1.807, 2.05) is 0 Å². The van der Waals surface area contributed by atoms with Crippen LogP contribution in [-0.4, -0.2) is 27.6 Å². The number of nitrogens with two attached hydrogens (primary N) is 1. The average Bonchev–Trinajstić information content (AvgIpc) is 2.83. The Morgan fingerprint density at radius 2 is 2.42 bits per heavy atom. The number of pyridine rings is 1. The van der Waals surface area contributed by atoms with Gasteiger partial charge in [0.1, 0.15) is 5.75 Å². The number of aromatic hydroxyl groups is 1. The third kappa shape index (κ3) is 2.01. The molecule has 7 heteroatoms. The predicted molar refractivity (Wildman–Crippen MR) is 73.1 cm³/mol. The molecule has 0 aromatic carbocycles. The zero-order valence-corrected chi connectivity index (χ0v) is 10.3.